The molecule has 8 heteroatoms. The van der Waals surface area contributed by atoms with Crippen LogP contribution in [0.3, 0.4) is 0 Å². The van der Waals surface area contributed by atoms with Gasteiger partial charge in [0.15, 0.2) is 0 Å². The van der Waals surface area contributed by atoms with E-state index in [0.29, 0.717) is 13.1 Å². The van der Waals surface area contributed by atoms with Crippen molar-refractivity contribution in [1.82, 2.24) is 5.32 Å². The van der Waals surface area contributed by atoms with Crippen molar-refractivity contribution >= 4 is 37.8 Å². The van der Waals surface area contributed by atoms with Gasteiger partial charge in [-0.25, -0.2) is 0 Å². The van der Waals surface area contributed by atoms with Crippen LogP contribution in [0.4, 0.5) is 0 Å². The van der Waals surface area contributed by atoms with E-state index in [1.807, 2.05) is 0 Å². The fraction of sp³-hybridized carbons (Fsp3) is 1.00. The molecule has 0 radical (unpaired) electrons. The topological polar surface area (TPSA) is 122 Å². The molecule has 1 rings (SSSR count). The van der Waals surface area contributed by atoms with Gasteiger partial charge < -0.3 is 26.6 Å². The summed E-state index contributed by atoms with van der Waals surface area (Å²) in [5.41, 5.74) is 10.3. The van der Waals surface area contributed by atoms with Crippen molar-refractivity contribution in [2.24, 2.45) is 11.5 Å². The van der Waals surface area contributed by atoms with E-state index in [1.54, 1.807) is 0 Å². The Balaban J connectivity index is -0.000000175. The van der Waals surface area contributed by atoms with Crippen LogP contribution in [0.1, 0.15) is 32.1 Å². The minimum absolute atomic E-state index is 0. The van der Waals surface area contributed by atoms with Gasteiger partial charge in [-0.15, -0.1) is 0 Å². The van der Waals surface area contributed by atoms with E-state index < -0.39 is 8.25 Å². The van der Waals surface area contributed by atoms with E-state index >= 15 is 0 Å². The third-order valence-electron chi connectivity index (χ3n) is 1.89. The van der Waals surface area contributed by atoms with E-state index in [0.717, 1.165) is 13.1 Å². The molecular formula is C9H27N3NaO3P. The van der Waals surface area contributed by atoms with E-state index in [1.165, 1.54) is 32.1 Å². The summed E-state index contributed by atoms with van der Waals surface area (Å²) >= 11 is 0. The molecule has 0 aromatic heterocycles. The average Bonchev–Trinajstić information content (AvgIpc) is 2.75. The zero-order chi connectivity index (χ0) is 12.6. The Labute approximate surface area is 127 Å². The van der Waals surface area contributed by atoms with Crippen molar-refractivity contribution < 1.29 is 14.4 Å². The molecule has 0 amide bonds. The zero-order valence-electron chi connectivity index (χ0n) is 9.82. The third-order valence-corrected chi connectivity index (χ3v) is 1.89. The van der Waals surface area contributed by atoms with Gasteiger partial charge in [0.05, 0.1) is 0 Å². The third kappa shape index (κ3) is 38.2. The van der Waals surface area contributed by atoms with Crippen molar-refractivity contribution in [2.45, 2.75) is 32.1 Å². The van der Waals surface area contributed by atoms with Gasteiger partial charge >= 0.3 is 37.8 Å². The van der Waals surface area contributed by atoms with Crippen LogP contribution in [0.2, 0.25) is 0 Å². The summed E-state index contributed by atoms with van der Waals surface area (Å²) in [6.45, 7) is 3.13. The molecule has 0 saturated heterocycles. The predicted octanol–water partition coefficient (Wildman–Crippen LogP) is -0.844. The summed E-state index contributed by atoms with van der Waals surface area (Å²) in [7, 11) is -3.13. The standard InChI is InChI=1S/C5H10.C4H13N3.Na.H3O3P.H/c1-2-4-5-3-1;5-1-3-7-4-2-6;;1-4(2)3;/h1-5H2;7H,1-6H2;;4H,(H2,1,2,3);. The van der Waals surface area contributed by atoms with E-state index in [4.69, 9.17) is 25.8 Å². The Kier molecular flexibility index (Phi) is 30.3. The maximum atomic E-state index is 8.74. The summed E-state index contributed by atoms with van der Waals surface area (Å²) in [6.07, 6.45) is 7.50. The van der Waals surface area contributed by atoms with E-state index in [-0.39, 0.29) is 29.6 Å². The van der Waals surface area contributed by atoms with Crippen LogP contribution in [-0.2, 0) is 4.57 Å². The molecule has 0 bridgehead atoms. The number of nitrogens with one attached hydrogen (secondary N) is 1. The Bertz CT molecular complexity index is 136. The minimum atomic E-state index is -3.13. The SMILES string of the molecule is C1CCCC1.NCCNCCN.O=[PH](O)O.[NaH]. The monoisotopic (exact) mass is 279 g/mol. The summed E-state index contributed by atoms with van der Waals surface area (Å²) in [6, 6.07) is 0. The first-order chi connectivity index (χ1) is 7.65. The molecule has 17 heavy (non-hydrogen) atoms. The van der Waals surface area contributed by atoms with Crippen molar-refractivity contribution in [1.29, 1.82) is 0 Å². The number of hydrogen-bond donors (Lipinski definition) is 5. The van der Waals surface area contributed by atoms with Gasteiger partial charge in [0.2, 0.25) is 0 Å². The van der Waals surface area contributed by atoms with Crippen molar-refractivity contribution in [3.63, 3.8) is 0 Å². The summed E-state index contributed by atoms with van der Waals surface area (Å²) in [5.74, 6) is 0. The molecule has 0 heterocycles. The van der Waals surface area contributed by atoms with Crippen LogP contribution >= 0.6 is 8.25 Å². The Morgan fingerprint density at radius 3 is 1.35 bits per heavy atom. The molecule has 1 saturated carbocycles. The van der Waals surface area contributed by atoms with Crippen LogP contribution in [0, 0.1) is 0 Å². The molecule has 0 aromatic carbocycles. The fourth-order valence-corrected chi connectivity index (χ4v) is 1.21. The second-order valence-corrected chi connectivity index (χ2v) is 3.94. The molecule has 0 aliphatic heterocycles. The second kappa shape index (κ2) is 22.2. The molecule has 0 atom stereocenters. The Morgan fingerprint density at radius 2 is 1.18 bits per heavy atom. The van der Waals surface area contributed by atoms with Gasteiger partial charge in [-0.2, -0.15) is 0 Å². The summed E-state index contributed by atoms with van der Waals surface area (Å²) in [4.78, 5) is 14.3. The zero-order valence-corrected chi connectivity index (χ0v) is 10.8. The van der Waals surface area contributed by atoms with Crippen molar-refractivity contribution in [3.05, 3.63) is 0 Å². The summed E-state index contributed by atoms with van der Waals surface area (Å²) in [5, 5.41) is 3.03. The van der Waals surface area contributed by atoms with Crippen LogP contribution in [0.25, 0.3) is 0 Å². The first-order valence-corrected chi connectivity index (χ1v) is 6.98. The molecule has 0 unspecified atom stereocenters. The number of hydrogen-bond acceptors (Lipinski definition) is 4. The molecule has 0 spiro atoms. The summed E-state index contributed by atoms with van der Waals surface area (Å²) < 4.78 is 8.74. The van der Waals surface area contributed by atoms with Gasteiger partial charge in [0.25, 0.3) is 0 Å². The van der Waals surface area contributed by atoms with Gasteiger partial charge in [-0.05, 0) is 0 Å². The maximum absolute atomic E-state index is 8.74. The van der Waals surface area contributed by atoms with Gasteiger partial charge in [-0.3, -0.25) is 4.57 Å². The Hall–Kier alpha value is 1.03. The first-order valence-electron chi connectivity index (χ1n) is 5.67. The molecule has 102 valence electrons. The van der Waals surface area contributed by atoms with Crippen LogP contribution < -0.4 is 16.8 Å². The second-order valence-electron chi connectivity index (χ2n) is 3.38. The molecule has 6 nitrogen and oxygen atoms in total. The Morgan fingerprint density at radius 1 is 0.941 bits per heavy atom. The average molecular weight is 279 g/mol. The molecule has 1 aliphatic rings. The van der Waals surface area contributed by atoms with Gasteiger partial charge in [-0.1, -0.05) is 32.1 Å². The van der Waals surface area contributed by atoms with Gasteiger partial charge in [0, 0.05) is 26.2 Å². The van der Waals surface area contributed by atoms with E-state index in [9.17, 15) is 0 Å². The normalized spacial score (nSPS) is 13.0. The quantitative estimate of drug-likeness (QED) is 0.260. The molecule has 0 aromatic rings. The van der Waals surface area contributed by atoms with Crippen LogP contribution in [-0.4, -0.2) is 65.5 Å². The fourth-order valence-electron chi connectivity index (χ4n) is 1.21. The number of nitrogens with two attached hydrogens (primary N) is 2. The molecule has 7 N–H and O–H groups in total. The van der Waals surface area contributed by atoms with Crippen molar-refractivity contribution in [3.8, 4) is 0 Å². The van der Waals surface area contributed by atoms with Gasteiger partial charge in [0.1, 0.15) is 0 Å². The molecule has 1 aliphatic carbocycles. The van der Waals surface area contributed by atoms with Crippen LogP contribution in [0.15, 0.2) is 0 Å². The predicted molar refractivity (Wildman–Crippen MR) is 74.7 cm³/mol. The first kappa shape index (κ1) is 23.1. The van der Waals surface area contributed by atoms with Crippen LogP contribution in [0.5, 0.6) is 0 Å². The van der Waals surface area contributed by atoms with Crippen molar-refractivity contribution in [2.75, 3.05) is 26.2 Å². The molecule has 1 fully saturated rings. The van der Waals surface area contributed by atoms with E-state index in [2.05, 4.69) is 5.32 Å². The number of rotatable bonds is 4. The molecular weight excluding hydrogens is 252 g/mol.